The summed E-state index contributed by atoms with van der Waals surface area (Å²) in [4.78, 5) is 31.1. The van der Waals surface area contributed by atoms with Crippen molar-refractivity contribution in [2.45, 2.75) is 19.5 Å². The Balaban J connectivity index is 1.67. The summed E-state index contributed by atoms with van der Waals surface area (Å²) in [5.74, 6) is -0.148. The SMILES string of the molecule is C[C@H](C(=O)Nc1ccc2[nH]c(=O)[nH]c2c1)N(C)Cc1ccc(Cl)c(Cl)c1. The Kier molecular flexibility index (Phi) is 5.36. The van der Waals surface area contributed by atoms with E-state index in [4.69, 9.17) is 23.2 Å². The second-order valence-electron chi connectivity index (χ2n) is 6.17. The molecular formula is C18H18Cl2N4O2. The maximum atomic E-state index is 12.5. The molecule has 0 aliphatic heterocycles. The second kappa shape index (κ2) is 7.53. The molecule has 1 aromatic heterocycles. The molecule has 0 saturated heterocycles. The molecule has 0 radical (unpaired) electrons. The molecule has 3 N–H and O–H groups in total. The monoisotopic (exact) mass is 392 g/mol. The number of imidazole rings is 1. The van der Waals surface area contributed by atoms with Gasteiger partial charge in [0.25, 0.3) is 0 Å². The predicted octanol–water partition coefficient (Wildman–Crippen LogP) is 3.62. The quantitative estimate of drug-likeness (QED) is 0.619. The molecule has 3 rings (SSSR count). The minimum Gasteiger partial charge on any atom is -0.325 e. The van der Waals surface area contributed by atoms with Crippen molar-refractivity contribution in [3.8, 4) is 0 Å². The molecular weight excluding hydrogens is 375 g/mol. The minimum atomic E-state index is -0.370. The maximum Gasteiger partial charge on any atom is 0.323 e. The van der Waals surface area contributed by atoms with E-state index in [9.17, 15) is 9.59 Å². The first-order valence-electron chi connectivity index (χ1n) is 8.00. The number of aromatic nitrogens is 2. The van der Waals surface area contributed by atoms with Crippen molar-refractivity contribution in [1.29, 1.82) is 0 Å². The number of carbonyl (C=O) groups excluding carboxylic acids is 1. The Labute approximate surface area is 160 Å². The van der Waals surface area contributed by atoms with Crippen LogP contribution in [0.15, 0.2) is 41.2 Å². The van der Waals surface area contributed by atoms with Gasteiger partial charge in [-0.3, -0.25) is 9.69 Å². The van der Waals surface area contributed by atoms with Crippen LogP contribution in [0, 0.1) is 0 Å². The number of nitrogens with one attached hydrogen (secondary N) is 3. The second-order valence-corrected chi connectivity index (χ2v) is 6.98. The first-order chi connectivity index (χ1) is 12.3. The number of rotatable bonds is 5. The lowest BCUT2D eigenvalue weighted by Crippen LogP contribution is -2.39. The number of H-pyrrole nitrogens is 2. The van der Waals surface area contributed by atoms with Gasteiger partial charge < -0.3 is 15.3 Å². The topological polar surface area (TPSA) is 81.0 Å². The lowest BCUT2D eigenvalue weighted by Gasteiger charge is -2.24. The molecule has 0 aliphatic rings. The number of nitrogens with zero attached hydrogens (tertiary/aromatic N) is 1. The van der Waals surface area contributed by atoms with Crippen LogP contribution >= 0.6 is 23.2 Å². The van der Waals surface area contributed by atoms with Crippen LogP contribution in [0.5, 0.6) is 0 Å². The number of likely N-dealkylation sites (N-methyl/N-ethyl adjacent to an activating group) is 1. The van der Waals surface area contributed by atoms with Gasteiger partial charge in [-0.05, 0) is 49.9 Å². The van der Waals surface area contributed by atoms with E-state index in [0.29, 0.717) is 33.3 Å². The van der Waals surface area contributed by atoms with Crippen molar-refractivity contribution in [1.82, 2.24) is 14.9 Å². The highest BCUT2D eigenvalue weighted by molar-refractivity contribution is 6.42. The predicted molar refractivity (Wildman–Crippen MR) is 105 cm³/mol. The van der Waals surface area contributed by atoms with E-state index >= 15 is 0 Å². The summed E-state index contributed by atoms with van der Waals surface area (Å²) in [5.41, 5.74) is 2.64. The van der Waals surface area contributed by atoms with Crippen molar-refractivity contribution >= 4 is 45.8 Å². The zero-order valence-electron chi connectivity index (χ0n) is 14.3. The molecule has 0 unspecified atom stereocenters. The van der Waals surface area contributed by atoms with E-state index in [1.54, 1.807) is 30.3 Å². The normalized spacial score (nSPS) is 12.5. The number of halogens is 2. The summed E-state index contributed by atoms with van der Waals surface area (Å²) in [6, 6.07) is 10.3. The average Bonchev–Trinajstić information content (AvgIpc) is 2.96. The highest BCUT2D eigenvalue weighted by atomic mass is 35.5. The van der Waals surface area contributed by atoms with Crippen LogP contribution in [-0.2, 0) is 11.3 Å². The minimum absolute atomic E-state index is 0.148. The van der Waals surface area contributed by atoms with E-state index in [-0.39, 0.29) is 17.6 Å². The third-order valence-corrected chi connectivity index (χ3v) is 4.98. The fourth-order valence-corrected chi connectivity index (χ4v) is 2.94. The summed E-state index contributed by atoms with van der Waals surface area (Å²) >= 11 is 12.0. The van der Waals surface area contributed by atoms with Gasteiger partial charge in [-0.2, -0.15) is 0 Å². The maximum absolute atomic E-state index is 12.5. The Bertz CT molecular complexity index is 1010. The number of fused-ring (bicyclic) bond motifs is 1. The zero-order valence-corrected chi connectivity index (χ0v) is 15.8. The Morgan fingerprint density at radius 3 is 2.58 bits per heavy atom. The molecule has 0 spiro atoms. The summed E-state index contributed by atoms with van der Waals surface area (Å²) in [7, 11) is 1.86. The van der Waals surface area contributed by atoms with Crippen molar-refractivity contribution in [2.75, 3.05) is 12.4 Å². The standard InChI is InChI=1S/C18H18Cl2N4O2/c1-10(24(2)9-11-3-5-13(19)14(20)7-11)17(25)21-12-4-6-15-16(8-12)23-18(26)22-15/h3-8,10H,9H2,1-2H3,(H,21,25)(H2,22,23,26)/t10-/m1/s1. The van der Waals surface area contributed by atoms with Crippen molar-refractivity contribution < 1.29 is 4.79 Å². The van der Waals surface area contributed by atoms with Crippen molar-refractivity contribution in [3.63, 3.8) is 0 Å². The van der Waals surface area contributed by atoms with Crippen LogP contribution in [0.3, 0.4) is 0 Å². The van der Waals surface area contributed by atoms with Crippen LogP contribution in [0.2, 0.25) is 10.0 Å². The molecule has 0 saturated carbocycles. The van der Waals surface area contributed by atoms with E-state index < -0.39 is 0 Å². The summed E-state index contributed by atoms with van der Waals surface area (Å²) < 4.78 is 0. The van der Waals surface area contributed by atoms with E-state index in [1.165, 1.54) is 0 Å². The Hall–Kier alpha value is -2.28. The number of benzene rings is 2. The first kappa shape index (κ1) is 18.5. The van der Waals surface area contributed by atoms with Gasteiger partial charge in [0.15, 0.2) is 0 Å². The molecule has 2 aromatic carbocycles. The van der Waals surface area contributed by atoms with Crippen LogP contribution in [0.4, 0.5) is 5.69 Å². The van der Waals surface area contributed by atoms with Gasteiger partial charge in [-0.25, -0.2) is 4.79 Å². The van der Waals surface area contributed by atoms with Gasteiger partial charge in [0.2, 0.25) is 5.91 Å². The number of hydrogen-bond acceptors (Lipinski definition) is 3. The molecule has 1 amide bonds. The van der Waals surface area contributed by atoms with Crippen molar-refractivity contribution in [2.24, 2.45) is 0 Å². The molecule has 0 aliphatic carbocycles. The highest BCUT2D eigenvalue weighted by Gasteiger charge is 2.19. The molecule has 0 fully saturated rings. The van der Waals surface area contributed by atoms with Gasteiger partial charge in [-0.1, -0.05) is 29.3 Å². The molecule has 3 aromatic rings. The fourth-order valence-electron chi connectivity index (χ4n) is 2.62. The Morgan fingerprint density at radius 2 is 1.85 bits per heavy atom. The number of hydrogen-bond donors (Lipinski definition) is 3. The van der Waals surface area contributed by atoms with E-state index in [1.807, 2.05) is 24.9 Å². The molecule has 26 heavy (non-hydrogen) atoms. The highest BCUT2D eigenvalue weighted by Crippen LogP contribution is 2.23. The van der Waals surface area contributed by atoms with Crippen molar-refractivity contribution in [3.05, 3.63) is 62.5 Å². The zero-order chi connectivity index (χ0) is 18.8. The van der Waals surface area contributed by atoms with Gasteiger partial charge in [0.1, 0.15) is 0 Å². The number of carbonyl (C=O) groups is 1. The van der Waals surface area contributed by atoms with E-state index in [0.717, 1.165) is 5.56 Å². The number of amides is 1. The van der Waals surface area contributed by atoms with E-state index in [2.05, 4.69) is 15.3 Å². The first-order valence-corrected chi connectivity index (χ1v) is 8.76. The molecule has 8 heteroatoms. The lowest BCUT2D eigenvalue weighted by atomic mass is 10.2. The Morgan fingerprint density at radius 1 is 1.12 bits per heavy atom. The third kappa shape index (κ3) is 4.09. The third-order valence-electron chi connectivity index (χ3n) is 4.24. The molecule has 6 nitrogen and oxygen atoms in total. The molecule has 136 valence electrons. The van der Waals surface area contributed by atoms with Crippen LogP contribution in [0.1, 0.15) is 12.5 Å². The largest absolute Gasteiger partial charge is 0.325 e. The molecule has 1 heterocycles. The average molecular weight is 393 g/mol. The summed E-state index contributed by atoms with van der Waals surface area (Å²) in [6.07, 6.45) is 0. The van der Waals surface area contributed by atoms with Crippen LogP contribution < -0.4 is 11.0 Å². The summed E-state index contributed by atoms with van der Waals surface area (Å²) in [6.45, 7) is 2.37. The van der Waals surface area contributed by atoms with Gasteiger partial charge in [-0.15, -0.1) is 0 Å². The van der Waals surface area contributed by atoms with Crippen LogP contribution in [-0.4, -0.2) is 33.9 Å². The lowest BCUT2D eigenvalue weighted by molar-refractivity contribution is -0.120. The number of aromatic amines is 2. The van der Waals surface area contributed by atoms with Gasteiger partial charge in [0.05, 0.1) is 27.1 Å². The van der Waals surface area contributed by atoms with Crippen LogP contribution in [0.25, 0.3) is 11.0 Å². The molecule has 0 bridgehead atoms. The number of anilines is 1. The summed E-state index contributed by atoms with van der Waals surface area (Å²) in [5, 5.41) is 3.86. The fraction of sp³-hybridized carbons (Fsp3) is 0.222. The van der Waals surface area contributed by atoms with Gasteiger partial charge in [0, 0.05) is 12.2 Å². The smallest absolute Gasteiger partial charge is 0.323 e. The van der Waals surface area contributed by atoms with Gasteiger partial charge >= 0.3 is 5.69 Å². The molecule has 1 atom stereocenters.